The number of carbonyl (C=O) groups is 2. The Morgan fingerprint density at radius 3 is 1.30 bits per heavy atom. The van der Waals surface area contributed by atoms with Crippen LogP contribution in [-0.4, -0.2) is 38.4 Å². The van der Waals surface area contributed by atoms with Crippen molar-refractivity contribution in [2.24, 2.45) is 0 Å². The molecule has 0 aliphatic carbocycles. The number of hydrogen-bond donors (Lipinski definition) is 0. The highest BCUT2D eigenvalue weighted by atomic mass is 16.6. The Kier molecular flexibility index (Phi) is 9.28. The molecule has 6 nitrogen and oxygen atoms in total. The van der Waals surface area contributed by atoms with Gasteiger partial charge in [-0.05, 0) is 49.2 Å². The third kappa shape index (κ3) is 7.83. The number of ether oxygens (including phenoxy) is 4. The molecule has 0 atom stereocenters. The first-order chi connectivity index (χ1) is 15.6. The molecule has 0 saturated heterocycles. The molecule has 0 amide bonds. The molecule has 2 aromatic rings. The minimum atomic E-state index is -0.418. The van der Waals surface area contributed by atoms with Crippen LogP contribution in [0.2, 0.25) is 0 Å². The van der Waals surface area contributed by atoms with Gasteiger partial charge in [-0.15, -0.1) is 0 Å². The molecule has 2 aromatic carbocycles. The molecule has 0 aliphatic rings. The van der Waals surface area contributed by atoms with Crippen molar-refractivity contribution >= 4 is 11.9 Å². The third-order valence-electron chi connectivity index (χ3n) is 5.02. The summed E-state index contributed by atoms with van der Waals surface area (Å²) in [6.45, 7) is 15.5. The summed E-state index contributed by atoms with van der Waals surface area (Å²) in [4.78, 5) is 22.7. The van der Waals surface area contributed by atoms with Gasteiger partial charge in [-0.2, -0.15) is 0 Å². The molecule has 0 bridgehead atoms. The highest BCUT2D eigenvalue weighted by Crippen LogP contribution is 2.33. The van der Waals surface area contributed by atoms with E-state index >= 15 is 0 Å². The molecular weight excluding hydrogens is 420 g/mol. The van der Waals surface area contributed by atoms with Crippen molar-refractivity contribution in [2.45, 2.75) is 33.1 Å². The summed E-state index contributed by atoms with van der Waals surface area (Å²) in [6.07, 6.45) is 0. The van der Waals surface area contributed by atoms with E-state index in [2.05, 4.69) is 27.0 Å². The number of hydrogen-bond acceptors (Lipinski definition) is 6. The molecule has 0 aromatic heterocycles. The topological polar surface area (TPSA) is 71.1 Å². The first-order valence-electron chi connectivity index (χ1n) is 10.7. The minimum Gasteiger partial charge on any atom is -0.490 e. The fraction of sp³-hybridized carbons (Fsp3) is 0.333. The van der Waals surface area contributed by atoms with Gasteiger partial charge >= 0.3 is 11.9 Å². The van der Waals surface area contributed by atoms with Gasteiger partial charge in [0, 0.05) is 16.6 Å². The van der Waals surface area contributed by atoms with Crippen LogP contribution < -0.4 is 9.47 Å². The van der Waals surface area contributed by atoms with Crippen molar-refractivity contribution < 1.29 is 28.5 Å². The molecule has 0 fully saturated rings. The first kappa shape index (κ1) is 25.7. The van der Waals surface area contributed by atoms with E-state index in [-0.39, 0.29) is 31.8 Å². The standard InChI is InChI=1S/C27H32O6/c1-19(2)25(28)32-17-15-30-23-11-7-21(8-12-23)27(5,6)22-9-13-24(14-10-22)31-16-18-33-26(29)20(3)4/h7-14H,1,3,15-18H2,2,4-6H3. The van der Waals surface area contributed by atoms with Crippen LogP contribution in [0.25, 0.3) is 0 Å². The zero-order valence-electron chi connectivity index (χ0n) is 19.8. The van der Waals surface area contributed by atoms with Crippen LogP contribution in [0.1, 0.15) is 38.8 Å². The highest BCUT2D eigenvalue weighted by molar-refractivity contribution is 5.87. The highest BCUT2D eigenvalue weighted by Gasteiger charge is 2.23. The zero-order chi connectivity index (χ0) is 24.4. The Balaban J connectivity index is 1.88. The maximum Gasteiger partial charge on any atom is 0.333 e. The van der Waals surface area contributed by atoms with E-state index in [0.717, 1.165) is 11.1 Å². The Bertz CT molecular complexity index is 891. The van der Waals surface area contributed by atoms with Crippen LogP contribution in [0, 0.1) is 0 Å². The van der Waals surface area contributed by atoms with Gasteiger partial charge in [-0.3, -0.25) is 0 Å². The molecule has 0 saturated carbocycles. The second kappa shape index (κ2) is 11.9. The molecule has 0 aliphatic heterocycles. The van der Waals surface area contributed by atoms with Crippen LogP contribution in [0.3, 0.4) is 0 Å². The molecule has 0 N–H and O–H groups in total. The van der Waals surface area contributed by atoms with E-state index in [0.29, 0.717) is 22.6 Å². The predicted molar refractivity (Wildman–Crippen MR) is 128 cm³/mol. The lowest BCUT2D eigenvalue weighted by molar-refractivity contribution is -0.140. The van der Waals surface area contributed by atoms with Crippen molar-refractivity contribution in [1.29, 1.82) is 0 Å². The molecule has 0 heterocycles. The number of rotatable bonds is 12. The summed E-state index contributed by atoms with van der Waals surface area (Å²) in [7, 11) is 0. The first-order valence-corrected chi connectivity index (χ1v) is 10.7. The molecular formula is C27H32O6. The van der Waals surface area contributed by atoms with Gasteiger partial charge in [0.2, 0.25) is 0 Å². The summed E-state index contributed by atoms with van der Waals surface area (Å²) in [5.74, 6) is 0.575. The smallest absolute Gasteiger partial charge is 0.333 e. The summed E-state index contributed by atoms with van der Waals surface area (Å²) in [5.41, 5.74) is 2.76. The van der Waals surface area contributed by atoms with E-state index in [1.54, 1.807) is 13.8 Å². The second-order valence-corrected chi connectivity index (χ2v) is 8.20. The minimum absolute atomic E-state index is 0.170. The summed E-state index contributed by atoms with van der Waals surface area (Å²) in [5, 5.41) is 0. The predicted octanol–water partition coefficient (Wildman–Crippen LogP) is 5.01. The van der Waals surface area contributed by atoms with Gasteiger partial charge in [0.05, 0.1) is 0 Å². The lowest BCUT2D eigenvalue weighted by Gasteiger charge is -2.26. The average Bonchev–Trinajstić information content (AvgIpc) is 2.79. The number of esters is 2. The van der Waals surface area contributed by atoms with Crippen LogP contribution in [0.15, 0.2) is 72.8 Å². The summed E-state index contributed by atoms with van der Waals surface area (Å²) >= 11 is 0. The second-order valence-electron chi connectivity index (χ2n) is 8.20. The number of benzene rings is 2. The van der Waals surface area contributed by atoms with Gasteiger partial charge in [0.25, 0.3) is 0 Å². The lowest BCUT2D eigenvalue weighted by Crippen LogP contribution is -2.19. The van der Waals surface area contributed by atoms with Crippen molar-refractivity contribution in [1.82, 2.24) is 0 Å². The van der Waals surface area contributed by atoms with Gasteiger partial charge in [-0.1, -0.05) is 51.3 Å². The van der Waals surface area contributed by atoms with Crippen molar-refractivity contribution in [2.75, 3.05) is 26.4 Å². The molecule has 176 valence electrons. The largest absolute Gasteiger partial charge is 0.490 e. The van der Waals surface area contributed by atoms with Gasteiger partial charge in [-0.25, -0.2) is 9.59 Å². The normalized spacial score (nSPS) is 10.8. The molecule has 0 radical (unpaired) electrons. The SMILES string of the molecule is C=C(C)C(=O)OCCOc1ccc(C(C)(C)c2ccc(OCCOC(=O)C(=C)C)cc2)cc1. The summed E-state index contributed by atoms with van der Waals surface area (Å²) in [6, 6.07) is 15.7. The Hall–Kier alpha value is -3.54. The fourth-order valence-electron chi connectivity index (χ4n) is 2.94. The molecule has 0 spiro atoms. The van der Waals surface area contributed by atoms with Crippen LogP contribution in [-0.2, 0) is 24.5 Å². The molecule has 2 rings (SSSR count). The van der Waals surface area contributed by atoms with Crippen molar-refractivity contribution in [3.05, 3.63) is 84.0 Å². The average molecular weight is 453 g/mol. The maximum absolute atomic E-state index is 11.4. The van der Waals surface area contributed by atoms with Gasteiger partial charge in [0.1, 0.15) is 37.9 Å². The molecule has 33 heavy (non-hydrogen) atoms. The Labute approximate surface area is 195 Å². The van der Waals surface area contributed by atoms with E-state index < -0.39 is 11.9 Å². The van der Waals surface area contributed by atoms with E-state index in [1.807, 2.05) is 48.5 Å². The van der Waals surface area contributed by atoms with Crippen molar-refractivity contribution in [3.63, 3.8) is 0 Å². The number of carbonyl (C=O) groups excluding carboxylic acids is 2. The monoisotopic (exact) mass is 452 g/mol. The van der Waals surface area contributed by atoms with Crippen molar-refractivity contribution in [3.8, 4) is 11.5 Å². The Morgan fingerprint density at radius 1 is 0.667 bits per heavy atom. The van der Waals surface area contributed by atoms with Gasteiger partial charge in [0.15, 0.2) is 0 Å². The van der Waals surface area contributed by atoms with E-state index in [9.17, 15) is 9.59 Å². The Morgan fingerprint density at radius 2 is 1.00 bits per heavy atom. The van der Waals surface area contributed by atoms with Crippen LogP contribution in [0.4, 0.5) is 0 Å². The fourth-order valence-corrected chi connectivity index (χ4v) is 2.94. The summed E-state index contributed by atoms with van der Waals surface area (Å²) < 4.78 is 21.3. The lowest BCUT2D eigenvalue weighted by atomic mass is 9.78. The van der Waals surface area contributed by atoms with E-state index in [1.165, 1.54) is 0 Å². The quantitative estimate of drug-likeness (QED) is 0.256. The molecule has 0 unspecified atom stereocenters. The van der Waals surface area contributed by atoms with E-state index in [4.69, 9.17) is 18.9 Å². The third-order valence-corrected chi connectivity index (χ3v) is 5.02. The maximum atomic E-state index is 11.4. The molecule has 6 heteroatoms. The van der Waals surface area contributed by atoms with Gasteiger partial charge < -0.3 is 18.9 Å². The van der Waals surface area contributed by atoms with Crippen LogP contribution in [0.5, 0.6) is 11.5 Å². The zero-order valence-corrected chi connectivity index (χ0v) is 19.8. The van der Waals surface area contributed by atoms with Crippen LogP contribution >= 0.6 is 0 Å².